The predicted molar refractivity (Wildman–Crippen MR) is 51.7 cm³/mol. The normalized spacial score (nSPS) is 10.6. The quantitative estimate of drug-likeness (QED) is 0.754. The minimum atomic E-state index is 0.732. The predicted octanol–water partition coefficient (Wildman–Crippen LogP) is 2.64. The van der Waals surface area contributed by atoms with E-state index in [1.54, 1.807) is 17.5 Å². The van der Waals surface area contributed by atoms with Gasteiger partial charge < -0.3 is 5.73 Å². The third-order valence-corrected chi connectivity index (χ3v) is 3.31. The van der Waals surface area contributed by atoms with Crippen molar-refractivity contribution < 1.29 is 0 Å². The fraction of sp³-hybridized carbons (Fsp3) is 0. The maximum atomic E-state index is 5.72. The van der Waals surface area contributed by atoms with E-state index in [0.29, 0.717) is 0 Å². The van der Waals surface area contributed by atoms with E-state index >= 15 is 0 Å². The first-order chi connectivity index (χ1) is 5.29. The molecular formula is C7H5BrN2S. The molecular weight excluding hydrogens is 224 g/mol. The fourth-order valence-electron chi connectivity index (χ4n) is 0.976. The Morgan fingerprint density at radius 1 is 1.45 bits per heavy atom. The van der Waals surface area contributed by atoms with Crippen LogP contribution in [0.25, 0.3) is 10.1 Å². The summed E-state index contributed by atoms with van der Waals surface area (Å²) in [5.41, 5.74) is 6.45. The zero-order valence-electron chi connectivity index (χ0n) is 5.54. The molecule has 2 aromatic heterocycles. The Morgan fingerprint density at radius 3 is 3.00 bits per heavy atom. The Bertz CT molecular complexity index is 396. The zero-order valence-corrected chi connectivity index (χ0v) is 7.95. The number of halogens is 1. The van der Waals surface area contributed by atoms with Gasteiger partial charge in [-0.25, -0.2) is 0 Å². The van der Waals surface area contributed by atoms with Crippen molar-refractivity contribution in [1.29, 1.82) is 0 Å². The van der Waals surface area contributed by atoms with Crippen LogP contribution in [-0.4, -0.2) is 4.98 Å². The van der Waals surface area contributed by atoms with Gasteiger partial charge in [0.25, 0.3) is 0 Å². The Kier molecular flexibility index (Phi) is 1.58. The second kappa shape index (κ2) is 2.46. The van der Waals surface area contributed by atoms with Gasteiger partial charge in [-0.1, -0.05) is 0 Å². The highest BCUT2D eigenvalue weighted by Gasteiger charge is 2.03. The number of aromatic nitrogens is 1. The Labute approximate surface area is 76.2 Å². The Hall–Kier alpha value is -0.610. The van der Waals surface area contributed by atoms with Gasteiger partial charge >= 0.3 is 0 Å². The molecule has 0 aliphatic rings. The average molecular weight is 229 g/mol. The largest absolute Gasteiger partial charge is 0.397 e. The summed E-state index contributed by atoms with van der Waals surface area (Å²) in [4.78, 5) is 3.99. The first-order valence-electron chi connectivity index (χ1n) is 3.05. The number of hydrogen-bond donors (Lipinski definition) is 1. The highest BCUT2D eigenvalue weighted by Crippen LogP contribution is 2.33. The molecule has 0 saturated heterocycles. The van der Waals surface area contributed by atoms with Crippen molar-refractivity contribution in [3.63, 3.8) is 0 Å². The fourth-order valence-corrected chi connectivity index (χ4v) is 2.65. The van der Waals surface area contributed by atoms with Crippen LogP contribution >= 0.6 is 27.3 Å². The lowest BCUT2D eigenvalue weighted by Crippen LogP contribution is -1.85. The molecule has 2 rings (SSSR count). The van der Waals surface area contributed by atoms with Gasteiger partial charge in [-0.15, -0.1) is 11.3 Å². The lowest BCUT2D eigenvalue weighted by atomic mass is 10.3. The minimum Gasteiger partial charge on any atom is -0.397 e. The second-order valence-electron chi connectivity index (χ2n) is 2.19. The van der Waals surface area contributed by atoms with Crippen molar-refractivity contribution in [1.82, 2.24) is 4.98 Å². The summed E-state index contributed by atoms with van der Waals surface area (Å²) in [7, 11) is 0. The SMILES string of the molecule is Nc1cncc2scc(Br)c12. The molecule has 0 aromatic carbocycles. The highest BCUT2D eigenvalue weighted by molar-refractivity contribution is 9.10. The number of thiophene rings is 1. The Balaban J connectivity index is 2.96. The van der Waals surface area contributed by atoms with Crippen molar-refractivity contribution in [3.05, 3.63) is 22.2 Å². The molecule has 0 atom stereocenters. The van der Waals surface area contributed by atoms with Crippen LogP contribution in [0.4, 0.5) is 5.69 Å². The number of rotatable bonds is 0. The third-order valence-electron chi connectivity index (χ3n) is 1.47. The minimum absolute atomic E-state index is 0.732. The number of fused-ring (bicyclic) bond motifs is 1. The molecule has 0 saturated carbocycles. The molecule has 4 heteroatoms. The van der Waals surface area contributed by atoms with E-state index in [1.165, 1.54) is 0 Å². The molecule has 56 valence electrons. The van der Waals surface area contributed by atoms with E-state index in [1.807, 2.05) is 11.6 Å². The Morgan fingerprint density at radius 2 is 2.27 bits per heavy atom. The van der Waals surface area contributed by atoms with Crippen LogP contribution in [0.3, 0.4) is 0 Å². The van der Waals surface area contributed by atoms with Gasteiger partial charge in [0, 0.05) is 21.4 Å². The number of nitrogens with zero attached hydrogens (tertiary/aromatic N) is 1. The molecule has 2 aromatic rings. The monoisotopic (exact) mass is 228 g/mol. The van der Waals surface area contributed by atoms with Gasteiger partial charge in [-0.3, -0.25) is 4.98 Å². The molecule has 2 heterocycles. The standard InChI is InChI=1S/C7H5BrN2S/c8-4-3-11-6-2-10-1-5(9)7(4)6/h1-3H,9H2. The molecule has 0 aliphatic heterocycles. The van der Waals surface area contributed by atoms with E-state index in [0.717, 1.165) is 20.2 Å². The number of nitrogens with two attached hydrogens (primary N) is 1. The second-order valence-corrected chi connectivity index (χ2v) is 3.95. The van der Waals surface area contributed by atoms with Gasteiger partial charge in [-0.05, 0) is 15.9 Å². The lowest BCUT2D eigenvalue weighted by Gasteiger charge is -1.93. The first-order valence-corrected chi connectivity index (χ1v) is 4.72. The molecule has 0 amide bonds. The van der Waals surface area contributed by atoms with E-state index in [9.17, 15) is 0 Å². The zero-order chi connectivity index (χ0) is 7.84. The van der Waals surface area contributed by atoms with Crippen LogP contribution in [0.1, 0.15) is 0 Å². The highest BCUT2D eigenvalue weighted by atomic mass is 79.9. The van der Waals surface area contributed by atoms with Gasteiger partial charge in [0.15, 0.2) is 0 Å². The van der Waals surface area contributed by atoms with E-state index < -0.39 is 0 Å². The molecule has 0 fully saturated rings. The average Bonchev–Trinajstić information content (AvgIpc) is 2.34. The number of nitrogen functional groups attached to an aromatic ring is 1. The molecule has 0 aliphatic carbocycles. The van der Waals surface area contributed by atoms with Crippen molar-refractivity contribution in [2.45, 2.75) is 0 Å². The summed E-state index contributed by atoms with van der Waals surface area (Å²) in [6.07, 6.45) is 3.49. The van der Waals surface area contributed by atoms with Crippen molar-refractivity contribution in [2.75, 3.05) is 5.73 Å². The summed E-state index contributed by atoms with van der Waals surface area (Å²) in [5, 5.41) is 3.09. The topological polar surface area (TPSA) is 38.9 Å². The van der Waals surface area contributed by atoms with Gasteiger partial charge in [-0.2, -0.15) is 0 Å². The first kappa shape index (κ1) is 7.06. The van der Waals surface area contributed by atoms with Gasteiger partial charge in [0.2, 0.25) is 0 Å². The van der Waals surface area contributed by atoms with Crippen LogP contribution < -0.4 is 5.73 Å². The van der Waals surface area contributed by atoms with Crippen molar-refractivity contribution >= 4 is 43.0 Å². The van der Waals surface area contributed by atoms with Crippen LogP contribution in [0.15, 0.2) is 22.2 Å². The molecule has 11 heavy (non-hydrogen) atoms. The van der Waals surface area contributed by atoms with E-state index in [4.69, 9.17) is 5.73 Å². The van der Waals surface area contributed by atoms with Crippen LogP contribution in [-0.2, 0) is 0 Å². The molecule has 2 N–H and O–H groups in total. The van der Waals surface area contributed by atoms with E-state index in [2.05, 4.69) is 20.9 Å². The summed E-state index contributed by atoms with van der Waals surface area (Å²) >= 11 is 5.06. The maximum absolute atomic E-state index is 5.72. The van der Waals surface area contributed by atoms with Crippen molar-refractivity contribution in [3.8, 4) is 0 Å². The molecule has 0 unspecified atom stereocenters. The summed E-state index contributed by atoms with van der Waals surface area (Å²) in [6, 6.07) is 0. The molecule has 0 radical (unpaired) electrons. The number of pyridine rings is 1. The molecule has 0 spiro atoms. The van der Waals surface area contributed by atoms with E-state index in [-0.39, 0.29) is 0 Å². The van der Waals surface area contributed by atoms with Crippen LogP contribution in [0, 0.1) is 0 Å². The van der Waals surface area contributed by atoms with Gasteiger partial charge in [0.1, 0.15) is 0 Å². The molecule has 0 bridgehead atoms. The summed E-state index contributed by atoms with van der Waals surface area (Å²) in [6.45, 7) is 0. The number of hydrogen-bond acceptors (Lipinski definition) is 3. The van der Waals surface area contributed by atoms with Crippen LogP contribution in [0.5, 0.6) is 0 Å². The third kappa shape index (κ3) is 1.02. The van der Waals surface area contributed by atoms with Crippen LogP contribution in [0.2, 0.25) is 0 Å². The summed E-state index contributed by atoms with van der Waals surface area (Å²) in [5.74, 6) is 0. The molecule has 2 nitrogen and oxygen atoms in total. The van der Waals surface area contributed by atoms with Gasteiger partial charge in [0.05, 0.1) is 16.6 Å². The van der Waals surface area contributed by atoms with Crippen molar-refractivity contribution in [2.24, 2.45) is 0 Å². The lowest BCUT2D eigenvalue weighted by molar-refractivity contribution is 1.37. The smallest absolute Gasteiger partial charge is 0.0600 e. The summed E-state index contributed by atoms with van der Waals surface area (Å²) < 4.78 is 2.18. The number of anilines is 1. The maximum Gasteiger partial charge on any atom is 0.0600 e.